The van der Waals surface area contributed by atoms with Gasteiger partial charge >= 0.3 is 0 Å². The van der Waals surface area contributed by atoms with Crippen LogP contribution >= 0.6 is 0 Å². The molecular weight excluding hydrogens is 141 g/mol. The van der Waals surface area contributed by atoms with Gasteiger partial charge in [-0.1, -0.05) is 6.42 Å². The molecule has 0 aromatic carbocycles. The average molecular weight is 157 g/mol. The average Bonchev–Trinajstić information content (AvgIpc) is 2.01. The SMILES string of the molecule is FC1CC(N2CCCCC2)C1. The van der Waals surface area contributed by atoms with Gasteiger partial charge in [0, 0.05) is 6.04 Å². The van der Waals surface area contributed by atoms with E-state index in [1.54, 1.807) is 0 Å². The van der Waals surface area contributed by atoms with Gasteiger partial charge in [-0.2, -0.15) is 0 Å². The molecule has 1 saturated carbocycles. The maximum atomic E-state index is 12.5. The quantitative estimate of drug-likeness (QED) is 0.562. The Balaban J connectivity index is 1.76. The van der Waals surface area contributed by atoms with E-state index in [4.69, 9.17) is 0 Å². The summed E-state index contributed by atoms with van der Waals surface area (Å²) in [5.41, 5.74) is 0. The molecule has 1 aliphatic carbocycles. The molecule has 0 aromatic rings. The summed E-state index contributed by atoms with van der Waals surface area (Å²) in [7, 11) is 0. The largest absolute Gasteiger partial charge is 0.300 e. The maximum Gasteiger partial charge on any atom is 0.103 e. The second-order valence-corrected chi connectivity index (χ2v) is 3.82. The Labute approximate surface area is 67.6 Å². The standard InChI is InChI=1S/C9H16FN/c10-8-6-9(7-8)11-4-2-1-3-5-11/h8-9H,1-7H2. The Kier molecular flexibility index (Phi) is 2.12. The first-order valence-electron chi connectivity index (χ1n) is 4.74. The Bertz CT molecular complexity index is 126. The number of likely N-dealkylation sites (tertiary alicyclic amines) is 1. The first-order chi connectivity index (χ1) is 5.36. The van der Waals surface area contributed by atoms with Crippen molar-refractivity contribution < 1.29 is 4.39 Å². The van der Waals surface area contributed by atoms with Crippen LogP contribution in [0.15, 0.2) is 0 Å². The molecule has 1 saturated heterocycles. The number of rotatable bonds is 1. The van der Waals surface area contributed by atoms with E-state index in [-0.39, 0.29) is 0 Å². The van der Waals surface area contributed by atoms with Crippen LogP contribution in [0.25, 0.3) is 0 Å². The van der Waals surface area contributed by atoms with Crippen molar-refractivity contribution in [3.8, 4) is 0 Å². The monoisotopic (exact) mass is 157 g/mol. The normalized spacial score (nSPS) is 40.1. The van der Waals surface area contributed by atoms with Gasteiger partial charge in [-0.05, 0) is 38.8 Å². The minimum Gasteiger partial charge on any atom is -0.300 e. The van der Waals surface area contributed by atoms with Crippen LogP contribution in [0.3, 0.4) is 0 Å². The Hall–Kier alpha value is -0.110. The molecule has 2 heteroatoms. The molecule has 1 aliphatic heterocycles. The van der Waals surface area contributed by atoms with Crippen LogP contribution in [0, 0.1) is 0 Å². The third-order valence-corrected chi connectivity index (χ3v) is 2.96. The third-order valence-electron chi connectivity index (χ3n) is 2.96. The molecule has 0 bridgehead atoms. The van der Waals surface area contributed by atoms with E-state index >= 15 is 0 Å². The van der Waals surface area contributed by atoms with Crippen molar-refractivity contribution in [3.63, 3.8) is 0 Å². The number of piperidine rings is 1. The van der Waals surface area contributed by atoms with E-state index < -0.39 is 6.17 Å². The summed E-state index contributed by atoms with van der Waals surface area (Å²) >= 11 is 0. The van der Waals surface area contributed by atoms with Gasteiger partial charge in [0.1, 0.15) is 6.17 Å². The minimum absolute atomic E-state index is 0.484. The molecule has 0 aromatic heterocycles. The zero-order chi connectivity index (χ0) is 7.68. The van der Waals surface area contributed by atoms with Crippen molar-refractivity contribution in [2.45, 2.75) is 44.3 Å². The molecule has 0 spiro atoms. The molecule has 0 unspecified atom stereocenters. The van der Waals surface area contributed by atoms with Gasteiger partial charge in [-0.25, -0.2) is 4.39 Å². The van der Waals surface area contributed by atoms with Gasteiger partial charge in [0.05, 0.1) is 0 Å². The first kappa shape index (κ1) is 7.53. The molecule has 2 rings (SSSR count). The fourth-order valence-electron chi connectivity index (χ4n) is 2.10. The summed E-state index contributed by atoms with van der Waals surface area (Å²) in [5, 5.41) is 0. The summed E-state index contributed by atoms with van der Waals surface area (Å²) in [6.45, 7) is 2.44. The Morgan fingerprint density at radius 3 is 2.18 bits per heavy atom. The second-order valence-electron chi connectivity index (χ2n) is 3.82. The summed E-state index contributed by atoms with van der Waals surface area (Å²) in [5.74, 6) is 0. The van der Waals surface area contributed by atoms with Crippen LogP contribution in [0.2, 0.25) is 0 Å². The molecule has 0 amide bonds. The summed E-state index contributed by atoms with van der Waals surface area (Å²) in [6.07, 6.45) is 5.16. The van der Waals surface area contributed by atoms with Gasteiger partial charge < -0.3 is 4.90 Å². The molecule has 1 nitrogen and oxygen atoms in total. The summed E-state index contributed by atoms with van der Waals surface area (Å²) in [6, 6.07) is 0.602. The van der Waals surface area contributed by atoms with E-state index in [1.807, 2.05) is 0 Å². The van der Waals surface area contributed by atoms with Crippen LogP contribution in [-0.2, 0) is 0 Å². The first-order valence-corrected chi connectivity index (χ1v) is 4.74. The highest BCUT2D eigenvalue weighted by Gasteiger charge is 2.33. The maximum absolute atomic E-state index is 12.5. The lowest BCUT2D eigenvalue weighted by molar-refractivity contribution is 0.0419. The highest BCUT2D eigenvalue weighted by atomic mass is 19.1. The molecule has 0 radical (unpaired) electrons. The Morgan fingerprint density at radius 2 is 1.64 bits per heavy atom. The molecule has 11 heavy (non-hydrogen) atoms. The minimum atomic E-state index is -0.484. The molecule has 2 aliphatic rings. The van der Waals surface area contributed by atoms with Crippen LogP contribution in [0.1, 0.15) is 32.1 Å². The van der Waals surface area contributed by atoms with E-state index in [0.717, 1.165) is 12.8 Å². The lowest BCUT2D eigenvalue weighted by atomic mass is 9.88. The van der Waals surface area contributed by atoms with E-state index in [1.165, 1.54) is 32.4 Å². The zero-order valence-corrected chi connectivity index (χ0v) is 6.93. The van der Waals surface area contributed by atoms with Gasteiger partial charge in [-0.15, -0.1) is 0 Å². The smallest absolute Gasteiger partial charge is 0.103 e. The van der Waals surface area contributed by atoms with Crippen molar-refractivity contribution in [2.75, 3.05) is 13.1 Å². The van der Waals surface area contributed by atoms with Gasteiger partial charge in [0.15, 0.2) is 0 Å². The van der Waals surface area contributed by atoms with Crippen LogP contribution in [0.4, 0.5) is 4.39 Å². The van der Waals surface area contributed by atoms with E-state index in [0.29, 0.717) is 6.04 Å². The highest BCUT2D eigenvalue weighted by Crippen LogP contribution is 2.29. The number of alkyl halides is 1. The van der Waals surface area contributed by atoms with Crippen LogP contribution in [0.5, 0.6) is 0 Å². The lowest BCUT2D eigenvalue weighted by Crippen LogP contribution is -2.47. The molecule has 2 fully saturated rings. The molecule has 64 valence electrons. The molecule has 0 N–H and O–H groups in total. The topological polar surface area (TPSA) is 3.24 Å². The van der Waals surface area contributed by atoms with Crippen molar-refractivity contribution in [2.24, 2.45) is 0 Å². The van der Waals surface area contributed by atoms with Crippen molar-refractivity contribution in [1.82, 2.24) is 4.90 Å². The van der Waals surface area contributed by atoms with Gasteiger partial charge in [-0.3, -0.25) is 0 Å². The third kappa shape index (κ3) is 1.56. The number of halogens is 1. The predicted molar refractivity (Wildman–Crippen MR) is 43.3 cm³/mol. The zero-order valence-electron chi connectivity index (χ0n) is 6.93. The van der Waals surface area contributed by atoms with Gasteiger partial charge in [0.25, 0.3) is 0 Å². The number of nitrogens with zero attached hydrogens (tertiary/aromatic N) is 1. The van der Waals surface area contributed by atoms with Crippen LogP contribution < -0.4 is 0 Å². The highest BCUT2D eigenvalue weighted by molar-refractivity contribution is 4.88. The van der Waals surface area contributed by atoms with Gasteiger partial charge in [0.2, 0.25) is 0 Å². The fourth-order valence-corrected chi connectivity index (χ4v) is 2.10. The lowest BCUT2D eigenvalue weighted by Gasteiger charge is -2.41. The summed E-state index contributed by atoms with van der Waals surface area (Å²) < 4.78 is 12.5. The van der Waals surface area contributed by atoms with Crippen molar-refractivity contribution in [3.05, 3.63) is 0 Å². The van der Waals surface area contributed by atoms with E-state index in [9.17, 15) is 4.39 Å². The van der Waals surface area contributed by atoms with Crippen LogP contribution in [-0.4, -0.2) is 30.2 Å². The molecule has 1 heterocycles. The number of hydrogen-bond donors (Lipinski definition) is 0. The molecular formula is C9H16FN. The Morgan fingerprint density at radius 1 is 1.00 bits per heavy atom. The second kappa shape index (κ2) is 3.10. The molecule has 0 atom stereocenters. The fraction of sp³-hybridized carbons (Fsp3) is 1.00. The predicted octanol–water partition coefficient (Wildman–Crippen LogP) is 1.97. The summed E-state index contributed by atoms with van der Waals surface area (Å²) in [4.78, 5) is 2.47. The number of hydrogen-bond acceptors (Lipinski definition) is 1. The van der Waals surface area contributed by atoms with Crippen molar-refractivity contribution in [1.29, 1.82) is 0 Å². The van der Waals surface area contributed by atoms with E-state index in [2.05, 4.69) is 4.90 Å². The van der Waals surface area contributed by atoms with Crippen molar-refractivity contribution >= 4 is 0 Å².